The van der Waals surface area contributed by atoms with Crippen molar-refractivity contribution in [2.24, 2.45) is 5.92 Å². The van der Waals surface area contributed by atoms with Gasteiger partial charge in [-0.1, -0.05) is 23.7 Å². The van der Waals surface area contributed by atoms with E-state index < -0.39 is 10.0 Å². The summed E-state index contributed by atoms with van der Waals surface area (Å²) in [5.74, 6) is 0.387. The summed E-state index contributed by atoms with van der Waals surface area (Å²) in [5.41, 5.74) is 0. The molecular formula is C17H25ClN2O3S. The molecule has 5 nitrogen and oxygen atoms in total. The van der Waals surface area contributed by atoms with E-state index in [4.69, 9.17) is 16.3 Å². The number of nitrogens with zero attached hydrogens (tertiary/aromatic N) is 1. The third-order valence-corrected chi connectivity index (χ3v) is 6.97. The lowest BCUT2D eigenvalue weighted by molar-refractivity contribution is 0.0214. The highest BCUT2D eigenvalue weighted by Crippen LogP contribution is 2.24. The molecule has 0 bridgehead atoms. The number of hydrogen-bond donors (Lipinski definition) is 1. The average Bonchev–Trinajstić information content (AvgIpc) is 2.61. The molecule has 0 aromatic heterocycles. The number of halogens is 1. The molecule has 0 unspecified atom stereocenters. The molecule has 24 heavy (non-hydrogen) atoms. The molecule has 0 spiro atoms. The van der Waals surface area contributed by atoms with Crippen molar-refractivity contribution in [3.05, 3.63) is 29.3 Å². The second-order valence-electron chi connectivity index (χ2n) is 6.61. The van der Waals surface area contributed by atoms with Crippen LogP contribution in [0.15, 0.2) is 29.2 Å². The fraction of sp³-hybridized carbons (Fsp3) is 0.647. The van der Waals surface area contributed by atoms with Crippen molar-refractivity contribution in [3.63, 3.8) is 0 Å². The van der Waals surface area contributed by atoms with Crippen LogP contribution in [0.1, 0.15) is 25.7 Å². The Morgan fingerprint density at radius 1 is 1.12 bits per heavy atom. The molecule has 2 saturated heterocycles. The normalized spacial score (nSPS) is 21.9. The lowest BCUT2D eigenvalue weighted by Crippen LogP contribution is -2.45. The van der Waals surface area contributed by atoms with Gasteiger partial charge in [0.05, 0.1) is 5.02 Å². The zero-order valence-corrected chi connectivity index (χ0v) is 15.4. The number of ether oxygens (including phenoxy) is 1. The van der Waals surface area contributed by atoms with Crippen LogP contribution in [0.3, 0.4) is 0 Å². The van der Waals surface area contributed by atoms with Crippen LogP contribution in [-0.4, -0.2) is 52.2 Å². The van der Waals surface area contributed by atoms with Crippen molar-refractivity contribution in [1.29, 1.82) is 0 Å². The summed E-state index contributed by atoms with van der Waals surface area (Å²) in [6.45, 7) is 4.30. The fourth-order valence-corrected chi connectivity index (χ4v) is 5.17. The highest BCUT2D eigenvalue weighted by molar-refractivity contribution is 7.89. The third-order valence-electron chi connectivity index (χ3n) is 5.04. The largest absolute Gasteiger partial charge is 0.381 e. The summed E-state index contributed by atoms with van der Waals surface area (Å²) < 4.78 is 32.9. The number of sulfonamides is 1. The quantitative estimate of drug-likeness (QED) is 0.862. The molecule has 0 amide bonds. The molecule has 1 N–H and O–H groups in total. The Morgan fingerprint density at radius 2 is 1.79 bits per heavy atom. The summed E-state index contributed by atoms with van der Waals surface area (Å²) in [7, 11) is -3.54. The van der Waals surface area contributed by atoms with Crippen molar-refractivity contribution >= 4 is 21.6 Å². The minimum atomic E-state index is -3.54. The van der Waals surface area contributed by atoms with Crippen molar-refractivity contribution < 1.29 is 13.2 Å². The summed E-state index contributed by atoms with van der Waals surface area (Å²) in [6.07, 6.45) is 4.29. The van der Waals surface area contributed by atoms with Crippen LogP contribution in [0.5, 0.6) is 0 Å². The van der Waals surface area contributed by atoms with Crippen molar-refractivity contribution in [2.75, 3.05) is 32.8 Å². The van der Waals surface area contributed by atoms with Gasteiger partial charge >= 0.3 is 0 Å². The first-order valence-electron chi connectivity index (χ1n) is 8.62. The van der Waals surface area contributed by atoms with E-state index in [0.29, 0.717) is 18.5 Å². The topological polar surface area (TPSA) is 58.6 Å². The molecule has 2 aliphatic heterocycles. The second-order valence-corrected chi connectivity index (χ2v) is 8.75. The van der Waals surface area contributed by atoms with Crippen molar-refractivity contribution in [3.8, 4) is 0 Å². The SMILES string of the molecule is O=S(=O)(NCC1CCN(C2CCOCC2)CC1)c1ccccc1Cl. The van der Waals surface area contributed by atoms with E-state index in [1.807, 2.05) is 0 Å². The van der Waals surface area contributed by atoms with Gasteiger partial charge in [-0.15, -0.1) is 0 Å². The average molecular weight is 373 g/mol. The lowest BCUT2D eigenvalue weighted by Gasteiger charge is -2.39. The molecule has 134 valence electrons. The number of likely N-dealkylation sites (tertiary alicyclic amines) is 1. The van der Waals surface area contributed by atoms with E-state index >= 15 is 0 Å². The van der Waals surface area contributed by atoms with E-state index in [2.05, 4.69) is 9.62 Å². The summed E-state index contributed by atoms with van der Waals surface area (Å²) >= 11 is 6.00. The Bertz CT molecular complexity index is 639. The van der Waals surface area contributed by atoms with Crippen LogP contribution >= 0.6 is 11.6 Å². The highest BCUT2D eigenvalue weighted by Gasteiger charge is 2.27. The first-order chi connectivity index (χ1) is 11.6. The number of piperidine rings is 1. The second kappa shape index (κ2) is 8.15. The van der Waals surface area contributed by atoms with Gasteiger partial charge in [0.25, 0.3) is 0 Å². The molecule has 3 rings (SSSR count). The van der Waals surface area contributed by atoms with E-state index in [0.717, 1.165) is 52.0 Å². The molecule has 7 heteroatoms. The van der Waals surface area contributed by atoms with Gasteiger partial charge in [-0.2, -0.15) is 0 Å². The van der Waals surface area contributed by atoms with Gasteiger partial charge in [0.1, 0.15) is 4.90 Å². The standard InChI is InChI=1S/C17H25ClN2O3S/c18-16-3-1-2-4-17(16)24(21,22)19-13-14-5-9-20(10-6-14)15-7-11-23-12-8-15/h1-4,14-15,19H,5-13H2. The van der Waals surface area contributed by atoms with Gasteiger partial charge in [0.15, 0.2) is 0 Å². The predicted octanol–water partition coefficient (Wildman–Crippen LogP) is 2.51. The van der Waals surface area contributed by atoms with Gasteiger partial charge in [-0.3, -0.25) is 0 Å². The maximum absolute atomic E-state index is 12.4. The monoisotopic (exact) mass is 372 g/mol. The minimum absolute atomic E-state index is 0.159. The van der Waals surface area contributed by atoms with E-state index in [-0.39, 0.29) is 9.92 Å². The molecule has 1 aromatic rings. The summed E-state index contributed by atoms with van der Waals surface area (Å²) in [4.78, 5) is 2.70. The number of hydrogen-bond acceptors (Lipinski definition) is 4. The maximum atomic E-state index is 12.4. The number of nitrogens with one attached hydrogen (secondary N) is 1. The molecule has 0 atom stereocenters. The van der Waals surface area contributed by atoms with Gasteiger partial charge in [-0.25, -0.2) is 13.1 Å². The predicted molar refractivity (Wildman–Crippen MR) is 94.8 cm³/mol. The molecule has 2 heterocycles. The minimum Gasteiger partial charge on any atom is -0.381 e. The zero-order valence-electron chi connectivity index (χ0n) is 13.8. The van der Waals surface area contributed by atoms with Gasteiger partial charge in [-0.05, 0) is 56.8 Å². The van der Waals surface area contributed by atoms with Crippen LogP contribution in [0.2, 0.25) is 5.02 Å². The Balaban J connectivity index is 1.49. The highest BCUT2D eigenvalue weighted by atomic mass is 35.5. The summed E-state index contributed by atoms with van der Waals surface area (Å²) in [6, 6.07) is 7.20. The van der Waals surface area contributed by atoms with Crippen LogP contribution in [-0.2, 0) is 14.8 Å². The Kier molecular flexibility index (Phi) is 6.16. The van der Waals surface area contributed by atoms with Crippen LogP contribution in [0.4, 0.5) is 0 Å². The van der Waals surface area contributed by atoms with Crippen LogP contribution in [0.25, 0.3) is 0 Å². The van der Waals surface area contributed by atoms with E-state index in [1.165, 1.54) is 0 Å². The Morgan fingerprint density at radius 3 is 2.46 bits per heavy atom. The van der Waals surface area contributed by atoms with Crippen LogP contribution in [0, 0.1) is 5.92 Å². The third kappa shape index (κ3) is 4.49. The first kappa shape index (κ1) is 18.1. The number of benzene rings is 1. The first-order valence-corrected chi connectivity index (χ1v) is 10.5. The van der Waals surface area contributed by atoms with Gasteiger partial charge in [0, 0.05) is 25.8 Å². The maximum Gasteiger partial charge on any atom is 0.242 e. The molecule has 0 aliphatic carbocycles. The van der Waals surface area contributed by atoms with Gasteiger partial charge in [0.2, 0.25) is 10.0 Å². The van der Waals surface area contributed by atoms with Crippen molar-refractivity contribution in [1.82, 2.24) is 9.62 Å². The fourth-order valence-electron chi connectivity index (χ4n) is 3.54. The molecule has 1 aromatic carbocycles. The van der Waals surface area contributed by atoms with E-state index in [9.17, 15) is 8.42 Å². The molecule has 0 radical (unpaired) electrons. The zero-order chi connectivity index (χ0) is 17.0. The molecule has 2 fully saturated rings. The molecular weight excluding hydrogens is 348 g/mol. The molecule has 2 aliphatic rings. The Labute approximate surface area is 149 Å². The summed E-state index contributed by atoms with van der Waals surface area (Å²) in [5, 5.41) is 0.263. The number of rotatable bonds is 5. The van der Waals surface area contributed by atoms with Crippen LogP contribution < -0.4 is 4.72 Å². The molecule has 0 saturated carbocycles. The van der Waals surface area contributed by atoms with Gasteiger partial charge < -0.3 is 9.64 Å². The van der Waals surface area contributed by atoms with Crippen molar-refractivity contribution in [2.45, 2.75) is 36.6 Å². The Hall–Kier alpha value is -0.660. The van der Waals surface area contributed by atoms with E-state index in [1.54, 1.807) is 24.3 Å². The smallest absolute Gasteiger partial charge is 0.242 e. The lowest BCUT2D eigenvalue weighted by atomic mass is 9.94.